The molecule has 2 aliphatic rings. The van der Waals surface area contributed by atoms with Gasteiger partial charge in [0.1, 0.15) is 5.69 Å². The molecule has 2 aromatic rings. The lowest BCUT2D eigenvalue weighted by atomic mass is 9.94. The maximum atomic E-state index is 12.5. The van der Waals surface area contributed by atoms with E-state index in [4.69, 9.17) is 4.52 Å². The van der Waals surface area contributed by atoms with Gasteiger partial charge in [-0.1, -0.05) is 18.0 Å². The maximum absolute atomic E-state index is 12.5. The first-order valence-electron chi connectivity index (χ1n) is 9.12. The number of hydrogen-bond acceptors (Lipinski definition) is 6. The SMILES string of the molecule is Cc1cnc(-c2nc(C3CCN(C(=O)C4CCCC4)CC3)no2)cn1. The van der Waals surface area contributed by atoms with Crippen LogP contribution in [0.1, 0.15) is 56.0 Å². The normalized spacial score (nSPS) is 19.5. The van der Waals surface area contributed by atoms with Gasteiger partial charge in [0.05, 0.1) is 11.9 Å². The Labute approximate surface area is 146 Å². The summed E-state index contributed by atoms with van der Waals surface area (Å²) in [5, 5.41) is 4.13. The van der Waals surface area contributed by atoms with Gasteiger partial charge in [0.25, 0.3) is 5.89 Å². The van der Waals surface area contributed by atoms with Gasteiger partial charge in [0.2, 0.25) is 5.91 Å². The first-order valence-corrected chi connectivity index (χ1v) is 9.12. The lowest BCUT2D eigenvalue weighted by molar-refractivity contribution is -0.136. The molecule has 1 amide bonds. The molecule has 0 N–H and O–H groups in total. The standard InChI is InChI=1S/C18H23N5O2/c1-12-10-20-15(11-19-12)17-21-16(22-25-17)13-6-8-23(9-7-13)18(24)14-4-2-3-5-14/h10-11,13-14H,2-9H2,1H3. The molecule has 1 aliphatic carbocycles. The van der Waals surface area contributed by atoms with Crippen LogP contribution in [0.4, 0.5) is 0 Å². The van der Waals surface area contributed by atoms with Crippen molar-refractivity contribution in [3.05, 3.63) is 23.9 Å². The highest BCUT2D eigenvalue weighted by Crippen LogP contribution is 2.31. The van der Waals surface area contributed by atoms with Crippen molar-refractivity contribution in [2.45, 2.75) is 51.4 Å². The van der Waals surface area contributed by atoms with Crippen LogP contribution in [0.2, 0.25) is 0 Å². The van der Waals surface area contributed by atoms with Crippen LogP contribution in [0, 0.1) is 12.8 Å². The molecule has 0 atom stereocenters. The molecule has 7 heteroatoms. The van der Waals surface area contributed by atoms with E-state index in [2.05, 4.69) is 20.1 Å². The molecule has 0 spiro atoms. The third kappa shape index (κ3) is 3.41. The van der Waals surface area contributed by atoms with Crippen molar-refractivity contribution in [1.82, 2.24) is 25.0 Å². The van der Waals surface area contributed by atoms with E-state index in [1.165, 1.54) is 12.8 Å². The van der Waals surface area contributed by atoms with Gasteiger partial charge in [-0.25, -0.2) is 4.98 Å². The van der Waals surface area contributed by atoms with E-state index in [1.54, 1.807) is 12.4 Å². The smallest absolute Gasteiger partial charge is 0.278 e. The Morgan fingerprint density at radius 3 is 2.56 bits per heavy atom. The fraction of sp³-hybridized carbons (Fsp3) is 0.611. The van der Waals surface area contributed by atoms with Gasteiger partial charge in [-0.3, -0.25) is 9.78 Å². The highest BCUT2D eigenvalue weighted by atomic mass is 16.5. The number of amides is 1. The zero-order valence-electron chi connectivity index (χ0n) is 14.5. The third-order valence-electron chi connectivity index (χ3n) is 5.32. The molecule has 1 saturated carbocycles. The molecule has 1 aliphatic heterocycles. The number of likely N-dealkylation sites (tertiary alicyclic amines) is 1. The molecule has 0 unspecified atom stereocenters. The van der Waals surface area contributed by atoms with Crippen LogP contribution >= 0.6 is 0 Å². The second-order valence-corrected chi connectivity index (χ2v) is 7.08. The summed E-state index contributed by atoms with van der Waals surface area (Å²) in [6, 6.07) is 0. The molecular formula is C18H23N5O2. The Hall–Kier alpha value is -2.31. The largest absolute Gasteiger partial charge is 0.342 e. The van der Waals surface area contributed by atoms with Crippen molar-refractivity contribution in [3.63, 3.8) is 0 Å². The highest BCUT2D eigenvalue weighted by Gasteiger charge is 2.31. The Bertz CT molecular complexity index is 728. The van der Waals surface area contributed by atoms with Crippen LogP contribution in [0.5, 0.6) is 0 Å². The van der Waals surface area contributed by atoms with Crippen LogP contribution in [0.3, 0.4) is 0 Å². The summed E-state index contributed by atoms with van der Waals surface area (Å²) in [6.45, 7) is 3.46. The summed E-state index contributed by atoms with van der Waals surface area (Å²) in [5.41, 5.74) is 1.45. The van der Waals surface area contributed by atoms with Crippen molar-refractivity contribution in [1.29, 1.82) is 0 Å². The fourth-order valence-corrected chi connectivity index (χ4v) is 3.80. The predicted molar refractivity (Wildman–Crippen MR) is 90.6 cm³/mol. The number of carbonyl (C=O) groups excluding carboxylic acids is 1. The lowest BCUT2D eigenvalue weighted by Crippen LogP contribution is -2.40. The van der Waals surface area contributed by atoms with Gasteiger partial charge in [0, 0.05) is 31.1 Å². The Kier molecular flexibility index (Phi) is 4.46. The second-order valence-electron chi connectivity index (χ2n) is 7.08. The number of hydrogen-bond donors (Lipinski definition) is 0. The van der Waals surface area contributed by atoms with Gasteiger partial charge in [-0.2, -0.15) is 4.98 Å². The summed E-state index contributed by atoms with van der Waals surface area (Å²) in [5.74, 6) is 1.97. The summed E-state index contributed by atoms with van der Waals surface area (Å²) in [4.78, 5) is 27.5. The van der Waals surface area contributed by atoms with Crippen molar-refractivity contribution >= 4 is 5.91 Å². The molecule has 25 heavy (non-hydrogen) atoms. The summed E-state index contributed by atoms with van der Waals surface area (Å²) >= 11 is 0. The minimum Gasteiger partial charge on any atom is -0.342 e. The summed E-state index contributed by atoms with van der Waals surface area (Å²) < 4.78 is 5.36. The summed E-state index contributed by atoms with van der Waals surface area (Å²) in [7, 11) is 0. The molecule has 2 aromatic heterocycles. The van der Waals surface area contributed by atoms with Gasteiger partial charge >= 0.3 is 0 Å². The van der Waals surface area contributed by atoms with Crippen molar-refractivity contribution in [3.8, 4) is 11.6 Å². The molecule has 0 bridgehead atoms. The third-order valence-corrected chi connectivity index (χ3v) is 5.32. The number of carbonyl (C=O) groups is 1. The number of nitrogens with zero attached hydrogens (tertiary/aromatic N) is 5. The number of rotatable bonds is 3. The van der Waals surface area contributed by atoms with Gasteiger partial charge in [-0.15, -0.1) is 0 Å². The van der Waals surface area contributed by atoms with E-state index in [0.29, 0.717) is 23.3 Å². The van der Waals surface area contributed by atoms with Gasteiger partial charge in [-0.05, 0) is 32.6 Å². The number of piperidine rings is 1. The minimum atomic E-state index is 0.239. The van der Waals surface area contributed by atoms with Crippen LogP contribution in [0.25, 0.3) is 11.6 Å². The van der Waals surface area contributed by atoms with E-state index in [1.807, 2.05) is 11.8 Å². The zero-order valence-corrected chi connectivity index (χ0v) is 14.5. The molecule has 132 valence electrons. The van der Waals surface area contributed by atoms with Crippen LogP contribution in [-0.4, -0.2) is 44.0 Å². The quantitative estimate of drug-likeness (QED) is 0.853. The van der Waals surface area contributed by atoms with Gasteiger partial charge < -0.3 is 9.42 Å². The topological polar surface area (TPSA) is 85.0 Å². The van der Waals surface area contributed by atoms with Crippen molar-refractivity contribution in [2.75, 3.05) is 13.1 Å². The summed E-state index contributed by atoms with van der Waals surface area (Å²) in [6.07, 6.45) is 9.62. The molecular weight excluding hydrogens is 318 g/mol. The average molecular weight is 341 g/mol. The number of aryl methyl sites for hydroxylation is 1. The monoisotopic (exact) mass is 341 g/mol. The maximum Gasteiger partial charge on any atom is 0.278 e. The zero-order chi connectivity index (χ0) is 17.2. The number of aromatic nitrogens is 4. The van der Waals surface area contributed by atoms with Crippen LogP contribution < -0.4 is 0 Å². The minimum absolute atomic E-state index is 0.239. The average Bonchev–Trinajstić information content (AvgIpc) is 3.34. The lowest BCUT2D eigenvalue weighted by Gasteiger charge is -2.32. The molecule has 0 aromatic carbocycles. The van der Waals surface area contributed by atoms with Crippen LogP contribution in [0.15, 0.2) is 16.9 Å². The Balaban J connectivity index is 1.38. The highest BCUT2D eigenvalue weighted by molar-refractivity contribution is 5.79. The van der Waals surface area contributed by atoms with E-state index in [0.717, 1.165) is 44.5 Å². The van der Waals surface area contributed by atoms with Gasteiger partial charge in [0.15, 0.2) is 5.82 Å². The predicted octanol–water partition coefficient (Wildman–Crippen LogP) is 2.73. The molecule has 7 nitrogen and oxygen atoms in total. The van der Waals surface area contributed by atoms with E-state index in [-0.39, 0.29) is 11.8 Å². The molecule has 3 heterocycles. The second kappa shape index (κ2) is 6.90. The van der Waals surface area contributed by atoms with Crippen molar-refractivity contribution < 1.29 is 9.32 Å². The van der Waals surface area contributed by atoms with E-state index >= 15 is 0 Å². The molecule has 0 radical (unpaired) electrons. The van der Waals surface area contributed by atoms with E-state index in [9.17, 15) is 4.79 Å². The van der Waals surface area contributed by atoms with Crippen molar-refractivity contribution in [2.24, 2.45) is 5.92 Å². The molecule has 4 rings (SSSR count). The van der Waals surface area contributed by atoms with Crippen LogP contribution in [-0.2, 0) is 4.79 Å². The molecule has 2 fully saturated rings. The van der Waals surface area contributed by atoms with E-state index < -0.39 is 0 Å². The fourth-order valence-electron chi connectivity index (χ4n) is 3.80. The Morgan fingerprint density at radius 2 is 1.88 bits per heavy atom. The first kappa shape index (κ1) is 16.2. The Morgan fingerprint density at radius 1 is 1.12 bits per heavy atom. The first-order chi connectivity index (χ1) is 12.2. The molecule has 1 saturated heterocycles.